The third kappa shape index (κ3) is 2.09. The number of aromatic nitrogens is 1. The van der Waals surface area contributed by atoms with Gasteiger partial charge in [-0.3, -0.25) is 10.1 Å². The molecule has 1 aliphatic rings. The van der Waals surface area contributed by atoms with E-state index in [0.717, 1.165) is 24.3 Å². The van der Waals surface area contributed by atoms with Crippen molar-refractivity contribution in [3.63, 3.8) is 0 Å². The molecule has 1 aromatic heterocycles. The van der Waals surface area contributed by atoms with Crippen LogP contribution in [0.4, 0.5) is 10.8 Å². The van der Waals surface area contributed by atoms with Crippen molar-refractivity contribution < 1.29 is 4.79 Å². The number of anilines is 2. The van der Waals surface area contributed by atoms with E-state index in [0.29, 0.717) is 10.7 Å². The normalized spacial score (nSPS) is 12.9. The van der Waals surface area contributed by atoms with Crippen LogP contribution in [0.5, 0.6) is 0 Å². The van der Waals surface area contributed by atoms with E-state index in [-0.39, 0.29) is 5.91 Å². The molecule has 0 fully saturated rings. The van der Waals surface area contributed by atoms with Crippen molar-refractivity contribution >= 4 is 28.1 Å². The Morgan fingerprint density at radius 1 is 1.50 bits per heavy atom. The quantitative estimate of drug-likeness (QED) is 0.871. The number of hydrogen-bond acceptors (Lipinski definition) is 4. The molecule has 0 atom stereocenters. The number of nitrogens with zero attached hydrogens (tertiary/aromatic N) is 1. The van der Waals surface area contributed by atoms with Gasteiger partial charge in [-0.2, -0.15) is 0 Å². The molecule has 2 aromatic rings. The molecule has 18 heavy (non-hydrogen) atoms. The Bertz CT molecular complexity index is 606. The topological polar surface area (TPSA) is 54.0 Å². The highest BCUT2D eigenvalue weighted by Crippen LogP contribution is 2.24. The third-order valence-corrected chi connectivity index (χ3v) is 3.80. The van der Waals surface area contributed by atoms with Crippen molar-refractivity contribution in [3.8, 4) is 0 Å². The molecule has 2 N–H and O–H groups in total. The van der Waals surface area contributed by atoms with Gasteiger partial charge in [-0.1, -0.05) is 6.07 Å². The molecule has 3 rings (SSSR count). The van der Waals surface area contributed by atoms with Crippen LogP contribution in [0.25, 0.3) is 0 Å². The van der Waals surface area contributed by atoms with E-state index in [1.165, 1.54) is 16.9 Å². The number of aryl methyl sites for hydroxylation is 1. The van der Waals surface area contributed by atoms with E-state index in [9.17, 15) is 4.79 Å². The molecule has 0 unspecified atom stereocenters. The minimum atomic E-state index is -0.110. The second kappa shape index (κ2) is 4.42. The Morgan fingerprint density at radius 2 is 2.39 bits per heavy atom. The van der Waals surface area contributed by atoms with Gasteiger partial charge in [0.1, 0.15) is 0 Å². The Labute approximate surface area is 109 Å². The minimum absolute atomic E-state index is 0.110. The molecule has 0 saturated carbocycles. The van der Waals surface area contributed by atoms with Gasteiger partial charge in [0.15, 0.2) is 5.13 Å². The molecule has 0 radical (unpaired) electrons. The average Bonchev–Trinajstić information content (AvgIpc) is 2.96. The summed E-state index contributed by atoms with van der Waals surface area (Å²) in [6, 6.07) is 5.77. The highest BCUT2D eigenvalue weighted by atomic mass is 32.1. The number of carbonyl (C=O) groups excluding carboxylic acids is 1. The van der Waals surface area contributed by atoms with Crippen molar-refractivity contribution in [2.24, 2.45) is 0 Å². The largest absolute Gasteiger partial charge is 0.384 e. The van der Waals surface area contributed by atoms with E-state index >= 15 is 0 Å². The number of fused-ring (bicyclic) bond motifs is 1. The molecule has 0 bridgehead atoms. The maximum absolute atomic E-state index is 12.1. The van der Waals surface area contributed by atoms with Gasteiger partial charge in [0.2, 0.25) is 0 Å². The smallest absolute Gasteiger partial charge is 0.257 e. The summed E-state index contributed by atoms with van der Waals surface area (Å²) in [5.41, 5.74) is 3.93. The molecule has 4 nitrogen and oxygen atoms in total. The van der Waals surface area contributed by atoms with Crippen LogP contribution in [-0.2, 0) is 6.42 Å². The fourth-order valence-corrected chi connectivity index (χ4v) is 2.70. The number of amides is 1. The second-order valence-electron chi connectivity index (χ2n) is 4.30. The predicted octanol–water partition coefficient (Wildman–Crippen LogP) is 2.67. The Hall–Kier alpha value is -1.88. The Balaban J connectivity index is 1.80. The number of nitrogens with one attached hydrogen (secondary N) is 2. The molecule has 1 aromatic carbocycles. The number of thiazole rings is 1. The molecule has 0 saturated heterocycles. The summed E-state index contributed by atoms with van der Waals surface area (Å²) >= 11 is 1.44. The number of benzene rings is 1. The molecule has 1 amide bonds. The zero-order chi connectivity index (χ0) is 12.5. The van der Waals surface area contributed by atoms with E-state index < -0.39 is 0 Å². The molecule has 0 spiro atoms. The van der Waals surface area contributed by atoms with E-state index in [2.05, 4.69) is 15.6 Å². The van der Waals surface area contributed by atoms with E-state index in [1.807, 2.05) is 30.5 Å². The number of hydrogen-bond donors (Lipinski definition) is 2. The van der Waals surface area contributed by atoms with Crippen molar-refractivity contribution in [3.05, 3.63) is 40.4 Å². The maximum Gasteiger partial charge on any atom is 0.257 e. The maximum atomic E-state index is 12.1. The standard InChI is InChI=1S/C13H13N3OS/c1-8-7-18-13(15-8)16-12(17)10-3-2-9-4-5-14-11(9)6-10/h2-3,6-7,14H,4-5H2,1H3,(H,15,16,17). The van der Waals surface area contributed by atoms with E-state index in [4.69, 9.17) is 0 Å². The van der Waals surface area contributed by atoms with Gasteiger partial charge in [-0.05, 0) is 31.0 Å². The first-order valence-electron chi connectivity index (χ1n) is 5.82. The summed E-state index contributed by atoms with van der Waals surface area (Å²) in [5, 5.41) is 8.64. The van der Waals surface area contributed by atoms with Crippen molar-refractivity contribution in [1.82, 2.24) is 4.98 Å². The first-order valence-corrected chi connectivity index (χ1v) is 6.70. The lowest BCUT2D eigenvalue weighted by atomic mass is 10.1. The zero-order valence-corrected chi connectivity index (χ0v) is 10.8. The summed E-state index contributed by atoms with van der Waals surface area (Å²) in [6.45, 7) is 2.86. The van der Waals surface area contributed by atoms with Crippen molar-refractivity contribution in [1.29, 1.82) is 0 Å². The van der Waals surface area contributed by atoms with Gasteiger partial charge < -0.3 is 5.32 Å². The molecule has 0 aliphatic carbocycles. The van der Waals surface area contributed by atoms with Crippen LogP contribution in [0.2, 0.25) is 0 Å². The molecular weight excluding hydrogens is 246 g/mol. The molecule has 1 aliphatic heterocycles. The van der Waals surface area contributed by atoms with Gasteiger partial charge in [-0.15, -0.1) is 11.3 Å². The van der Waals surface area contributed by atoms with Gasteiger partial charge in [-0.25, -0.2) is 4.98 Å². The lowest BCUT2D eigenvalue weighted by Gasteiger charge is -2.04. The van der Waals surface area contributed by atoms with Crippen LogP contribution < -0.4 is 10.6 Å². The molecule has 2 heterocycles. The fraction of sp³-hybridized carbons (Fsp3) is 0.231. The molecule has 92 valence electrons. The summed E-state index contributed by atoms with van der Waals surface area (Å²) in [4.78, 5) is 16.3. The van der Waals surface area contributed by atoms with Crippen molar-refractivity contribution in [2.75, 3.05) is 17.2 Å². The van der Waals surface area contributed by atoms with Crippen molar-refractivity contribution in [2.45, 2.75) is 13.3 Å². The highest BCUT2D eigenvalue weighted by Gasteiger charge is 2.14. The van der Waals surface area contributed by atoms with Gasteiger partial charge in [0.25, 0.3) is 5.91 Å². The summed E-state index contributed by atoms with van der Waals surface area (Å²) in [7, 11) is 0. The summed E-state index contributed by atoms with van der Waals surface area (Å²) < 4.78 is 0. The lowest BCUT2D eigenvalue weighted by Crippen LogP contribution is -2.11. The fourth-order valence-electron chi connectivity index (χ4n) is 2.01. The van der Waals surface area contributed by atoms with Crippen LogP contribution >= 0.6 is 11.3 Å². The number of carbonyl (C=O) groups is 1. The Morgan fingerprint density at radius 3 is 3.17 bits per heavy atom. The van der Waals surface area contributed by atoms with Crippen LogP contribution in [0.15, 0.2) is 23.6 Å². The first-order chi connectivity index (χ1) is 8.72. The van der Waals surface area contributed by atoms with E-state index in [1.54, 1.807) is 0 Å². The highest BCUT2D eigenvalue weighted by molar-refractivity contribution is 7.13. The SMILES string of the molecule is Cc1csc(NC(=O)c2ccc3c(c2)NCC3)n1. The summed E-state index contributed by atoms with van der Waals surface area (Å²) in [6.07, 6.45) is 1.03. The summed E-state index contributed by atoms with van der Waals surface area (Å²) in [5.74, 6) is -0.110. The van der Waals surface area contributed by atoms with Crippen LogP contribution in [0.1, 0.15) is 21.6 Å². The Kier molecular flexibility index (Phi) is 2.76. The van der Waals surface area contributed by atoms with Crippen LogP contribution in [0, 0.1) is 6.92 Å². The van der Waals surface area contributed by atoms with Gasteiger partial charge in [0, 0.05) is 23.2 Å². The molecule has 5 heteroatoms. The first kappa shape index (κ1) is 11.2. The third-order valence-electron chi connectivity index (χ3n) is 2.92. The van der Waals surface area contributed by atoms with Gasteiger partial charge in [0.05, 0.1) is 5.69 Å². The van der Waals surface area contributed by atoms with Gasteiger partial charge >= 0.3 is 0 Å². The second-order valence-corrected chi connectivity index (χ2v) is 5.15. The predicted molar refractivity (Wildman–Crippen MR) is 73.4 cm³/mol. The number of rotatable bonds is 2. The monoisotopic (exact) mass is 259 g/mol. The zero-order valence-electron chi connectivity index (χ0n) is 9.99. The lowest BCUT2D eigenvalue weighted by molar-refractivity contribution is 0.102. The van der Waals surface area contributed by atoms with Crippen LogP contribution in [0.3, 0.4) is 0 Å². The minimum Gasteiger partial charge on any atom is -0.384 e. The molecular formula is C13H13N3OS. The van der Waals surface area contributed by atoms with Crippen LogP contribution in [-0.4, -0.2) is 17.4 Å². The average molecular weight is 259 g/mol.